The van der Waals surface area contributed by atoms with E-state index < -0.39 is 5.91 Å². The van der Waals surface area contributed by atoms with Gasteiger partial charge in [0.25, 0.3) is 0 Å². The first-order valence-electron chi connectivity index (χ1n) is 4.82. The number of hydrogen-bond acceptors (Lipinski definition) is 3. The molecule has 5 heteroatoms. The number of hydrogen-bond donors (Lipinski definition) is 2. The van der Waals surface area contributed by atoms with Crippen LogP contribution >= 0.6 is 0 Å². The SMILES string of the molecule is CN(CC(N)=O)C(=O)CNCC1CC1. The average molecular weight is 199 g/mol. The van der Waals surface area contributed by atoms with E-state index in [1.54, 1.807) is 7.05 Å². The van der Waals surface area contributed by atoms with Crippen LogP contribution in [0.1, 0.15) is 12.8 Å². The van der Waals surface area contributed by atoms with Crippen LogP contribution in [0.2, 0.25) is 0 Å². The van der Waals surface area contributed by atoms with Gasteiger partial charge in [0.2, 0.25) is 11.8 Å². The molecule has 0 aromatic rings. The van der Waals surface area contributed by atoms with E-state index in [1.165, 1.54) is 17.7 Å². The van der Waals surface area contributed by atoms with Crippen LogP contribution in [0.4, 0.5) is 0 Å². The molecule has 0 radical (unpaired) electrons. The summed E-state index contributed by atoms with van der Waals surface area (Å²) in [5.74, 6) is 0.178. The first-order valence-corrected chi connectivity index (χ1v) is 4.82. The fourth-order valence-corrected chi connectivity index (χ4v) is 1.16. The molecule has 0 unspecified atom stereocenters. The average Bonchev–Trinajstić information content (AvgIpc) is 2.86. The van der Waals surface area contributed by atoms with E-state index in [0.717, 1.165) is 12.5 Å². The van der Waals surface area contributed by atoms with Crippen LogP contribution in [0.15, 0.2) is 0 Å². The molecule has 0 heterocycles. The fourth-order valence-electron chi connectivity index (χ4n) is 1.16. The maximum absolute atomic E-state index is 11.3. The van der Waals surface area contributed by atoms with Crippen molar-refractivity contribution in [3.8, 4) is 0 Å². The molecule has 0 saturated heterocycles. The summed E-state index contributed by atoms with van der Waals surface area (Å²) < 4.78 is 0. The van der Waals surface area contributed by atoms with Gasteiger partial charge in [0.15, 0.2) is 0 Å². The molecule has 0 aromatic heterocycles. The molecule has 5 nitrogen and oxygen atoms in total. The third kappa shape index (κ3) is 4.23. The molecule has 0 spiro atoms. The van der Waals surface area contributed by atoms with E-state index in [4.69, 9.17) is 5.73 Å². The Kier molecular flexibility index (Phi) is 3.88. The lowest BCUT2D eigenvalue weighted by Crippen LogP contribution is -2.40. The van der Waals surface area contributed by atoms with Crippen LogP contribution in [0.5, 0.6) is 0 Å². The number of carbonyl (C=O) groups is 2. The summed E-state index contributed by atoms with van der Waals surface area (Å²) in [4.78, 5) is 23.2. The van der Waals surface area contributed by atoms with E-state index >= 15 is 0 Å². The number of carbonyl (C=O) groups excluding carboxylic acids is 2. The predicted octanol–water partition coefficient (Wildman–Crippen LogP) is -1.07. The van der Waals surface area contributed by atoms with Gasteiger partial charge >= 0.3 is 0 Å². The Morgan fingerprint density at radius 1 is 1.50 bits per heavy atom. The number of nitrogens with two attached hydrogens (primary N) is 1. The van der Waals surface area contributed by atoms with Gasteiger partial charge in [-0.05, 0) is 25.3 Å². The van der Waals surface area contributed by atoms with E-state index in [9.17, 15) is 9.59 Å². The highest BCUT2D eigenvalue weighted by atomic mass is 16.2. The monoisotopic (exact) mass is 199 g/mol. The smallest absolute Gasteiger partial charge is 0.237 e. The third-order valence-electron chi connectivity index (χ3n) is 2.22. The summed E-state index contributed by atoms with van der Waals surface area (Å²) in [6.45, 7) is 1.18. The van der Waals surface area contributed by atoms with E-state index in [0.29, 0.717) is 6.54 Å². The molecule has 1 aliphatic rings. The molecular formula is C9H17N3O2. The number of likely N-dealkylation sites (N-methyl/N-ethyl adjacent to an activating group) is 1. The molecule has 0 aliphatic heterocycles. The molecule has 1 fully saturated rings. The summed E-state index contributed by atoms with van der Waals surface area (Å²) in [6.07, 6.45) is 2.52. The summed E-state index contributed by atoms with van der Waals surface area (Å²) in [7, 11) is 1.58. The molecular weight excluding hydrogens is 182 g/mol. The Hall–Kier alpha value is -1.10. The molecule has 0 atom stereocenters. The number of nitrogens with one attached hydrogen (secondary N) is 1. The Morgan fingerprint density at radius 2 is 2.14 bits per heavy atom. The van der Waals surface area contributed by atoms with Crippen molar-refractivity contribution in [2.24, 2.45) is 11.7 Å². The Balaban J connectivity index is 2.08. The van der Waals surface area contributed by atoms with Crippen LogP contribution in [0, 0.1) is 5.92 Å². The summed E-state index contributed by atoms with van der Waals surface area (Å²) in [5, 5.41) is 3.06. The molecule has 0 aromatic carbocycles. The zero-order valence-corrected chi connectivity index (χ0v) is 8.45. The standard InChI is InChI=1S/C9H17N3O2/c1-12(6-8(10)13)9(14)5-11-4-7-2-3-7/h7,11H,2-6H2,1H3,(H2,10,13). The number of primary amides is 1. The highest BCUT2D eigenvalue weighted by molar-refractivity contribution is 5.84. The van der Waals surface area contributed by atoms with Crippen molar-refractivity contribution in [3.05, 3.63) is 0 Å². The van der Waals surface area contributed by atoms with E-state index in [2.05, 4.69) is 5.32 Å². The minimum absolute atomic E-state index is 0.00998. The van der Waals surface area contributed by atoms with Gasteiger partial charge in [-0.15, -0.1) is 0 Å². The van der Waals surface area contributed by atoms with Crippen LogP contribution in [0.3, 0.4) is 0 Å². The Labute approximate surface area is 83.6 Å². The second-order valence-corrected chi connectivity index (χ2v) is 3.79. The lowest BCUT2D eigenvalue weighted by atomic mass is 10.4. The lowest BCUT2D eigenvalue weighted by Gasteiger charge is -2.15. The number of amides is 2. The van der Waals surface area contributed by atoms with Crippen molar-refractivity contribution >= 4 is 11.8 Å². The quantitative estimate of drug-likeness (QED) is 0.572. The maximum Gasteiger partial charge on any atom is 0.237 e. The zero-order chi connectivity index (χ0) is 10.6. The zero-order valence-electron chi connectivity index (χ0n) is 8.45. The van der Waals surface area contributed by atoms with Crippen molar-refractivity contribution in [3.63, 3.8) is 0 Å². The maximum atomic E-state index is 11.3. The molecule has 1 saturated carbocycles. The summed E-state index contributed by atoms with van der Waals surface area (Å²) >= 11 is 0. The van der Waals surface area contributed by atoms with Gasteiger partial charge in [0.05, 0.1) is 13.1 Å². The van der Waals surface area contributed by atoms with E-state index in [1.807, 2.05) is 0 Å². The van der Waals surface area contributed by atoms with Gasteiger partial charge in [0.1, 0.15) is 0 Å². The minimum Gasteiger partial charge on any atom is -0.368 e. The first kappa shape index (κ1) is 11.0. The lowest BCUT2D eigenvalue weighted by molar-refractivity contribution is -0.133. The van der Waals surface area contributed by atoms with Gasteiger partial charge in [-0.3, -0.25) is 9.59 Å². The topological polar surface area (TPSA) is 75.4 Å². The third-order valence-corrected chi connectivity index (χ3v) is 2.22. The molecule has 14 heavy (non-hydrogen) atoms. The molecule has 1 rings (SSSR count). The molecule has 2 amide bonds. The fraction of sp³-hybridized carbons (Fsp3) is 0.778. The van der Waals surface area contributed by atoms with Crippen LogP contribution < -0.4 is 11.1 Å². The van der Waals surface area contributed by atoms with Crippen molar-refractivity contribution < 1.29 is 9.59 Å². The van der Waals surface area contributed by atoms with Crippen molar-refractivity contribution in [1.82, 2.24) is 10.2 Å². The number of rotatable bonds is 6. The highest BCUT2D eigenvalue weighted by Crippen LogP contribution is 2.27. The molecule has 80 valence electrons. The van der Waals surface area contributed by atoms with Crippen LogP contribution in [-0.4, -0.2) is 43.4 Å². The highest BCUT2D eigenvalue weighted by Gasteiger charge is 2.21. The normalized spacial score (nSPS) is 15.2. The second-order valence-electron chi connectivity index (χ2n) is 3.79. The summed E-state index contributed by atoms with van der Waals surface area (Å²) in [5.41, 5.74) is 4.96. The molecule has 3 N–H and O–H groups in total. The van der Waals surface area contributed by atoms with Gasteiger partial charge < -0.3 is 16.0 Å². The molecule has 0 bridgehead atoms. The second kappa shape index (κ2) is 4.95. The summed E-state index contributed by atoms with van der Waals surface area (Å²) in [6, 6.07) is 0. The Morgan fingerprint density at radius 3 is 2.64 bits per heavy atom. The number of nitrogens with zero attached hydrogens (tertiary/aromatic N) is 1. The first-order chi connectivity index (χ1) is 6.59. The predicted molar refractivity (Wildman–Crippen MR) is 52.4 cm³/mol. The minimum atomic E-state index is -0.483. The van der Waals surface area contributed by atoms with Crippen LogP contribution in [0.25, 0.3) is 0 Å². The van der Waals surface area contributed by atoms with Gasteiger partial charge in [-0.1, -0.05) is 0 Å². The van der Waals surface area contributed by atoms with E-state index in [-0.39, 0.29) is 12.5 Å². The Bertz CT molecular complexity index is 226. The van der Waals surface area contributed by atoms with Gasteiger partial charge in [-0.2, -0.15) is 0 Å². The largest absolute Gasteiger partial charge is 0.368 e. The van der Waals surface area contributed by atoms with Gasteiger partial charge in [-0.25, -0.2) is 0 Å². The molecule has 1 aliphatic carbocycles. The van der Waals surface area contributed by atoms with Gasteiger partial charge in [0, 0.05) is 7.05 Å². The van der Waals surface area contributed by atoms with Crippen molar-refractivity contribution in [2.75, 3.05) is 26.7 Å². The van der Waals surface area contributed by atoms with Crippen molar-refractivity contribution in [2.45, 2.75) is 12.8 Å². The van der Waals surface area contributed by atoms with Crippen molar-refractivity contribution in [1.29, 1.82) is 0 Å². The van der Waals surface area contributed by atoms with Crippen LogP contribution in [-0.2, 0) is 9.59 Å².